The number of carbonyl (C=O) groups is 2. The Morgan fingerprint density at radius 1 is 1.15 bits per heavy atom. The fourth-order valence-corrected chi connectivity index (χ4v) is 4.63. The molecule has 2 amide bonds. The van der Waals surface area contributed by atoms with Crippen molar-refractivity contribution in [2.75, 3.05) is 0 Å². The molecule has 2 heterocycles. The lowest BCUT2D eigenvalue weighted by Crippen LogP contribution is -2.40. The normalized spacial score (nSPS) is 14.7. The molecule has 1 aliphatic carbocycles. The Morgan fingerprint density at radius 2 is 1.88 bits per heavy atom. The summed E-state index contributed by atoms with van der Waals surface area (Å²) in [6, 6.07) is 4.72. The summed E-state index contributed by atoms with van der Waals surface area (Å²) in [5, 5.41) is 10.7. The molecule has 0 bridgehead atoms. The molecule has 0 spiro atoms. The predicted molar refractivity (Wildman–Crippen MR) is 129 cm³/mol. The molecule has 34 heavy (non-hydrogen) atoms. The van der Waals surface area contributed by atoms with Crippen molar-refractivity contribution >= 4 is 40.1 Å². The zero-order valence-electron chi connectivity index (χ0n) is 19.3. The zero-order valence-corrected chi connectivity index (χ0v) is 20.1. The van der Waals surface area contributed by atoms with Gasteiger partial charge in [0.15, 0.2) is 0 Å². The van der Waals surface area contributed by atoms with Crippen LogP contribution in [0.3, 0.4) is 0 Å². The summed E-state index contributed by atoms with van der Waals surface area (Å²) in [6.45, 7) is 3.46. The van der Waals surface area contributed by atoms with Gasteiger partial charge in [-0.25, -0.2) is 13.9 Å². The molecule has 1 aromatic carbocycles. The third-order valence-electron chi connectivity index (χ3n) is 6.01. The Morgan fingerprint density at radius 3 is 2.59 bits per heavy atom. The Labute approximate surface area is 200 Å². The largest absolute Gasteiger partial charge is 0.354 e. The maximum absolute atomic E-state index is 13.3. The first kappa shape index (κ1) is 24.0. The Hall–Kier alpha value is -3.14. The van der Waals surface area contributed by atoms with E-state index in [-0.39, 0.29) is 54.6 Å². The number of aromatic nitrogens is 4. The van der Waals surface area contributed by atoms with E-state index in [1.807, 2.05) is 13.8 Å². The number of rotatable bonds is 7. The average molecular weight is 489 g/mol. The van der Waals surface area contributed by atoms with Crippen LogP contribution in [-0.2, 0) is 22.7 Å². The van der Waals surface area contributed by atoms with Gasteiger partial charge in [-0.3, -0.25) is 19.0 Å². The van der Waals surface area contributed by atoms with Crippen LogP contribution in [0.25, 0.3) is 16.7 Å². The van der Waals surface area contributed by atoms with Gasteiger partial charge >= 0.3 is 5.69 Å². The van der Waals surface area contributed by atoms with Gasteiger partial charge in [-0.05, 0) is 44.9 Å². The van der Waals surface area contributed by atoms with Gasteiger partial charge in [0.2, 0.25) is 17.6 Å². The first-order valence-electron chi connectivity index (χ1n) is 11.6. The van der Waals surface area contributed by atoms with Gasteiger partial charge < -0.3 is 10.6 Å². The number of halogens is 1. The summed E-state index contributed by atoms with van der Waals surface area (Å²) in [4.78, 5) is 51.4. The lowest BCUT2D eigenvalue weighted by Gasteiger charge is -2.22. The number of hydrogen-bond acceptors (Lipinski definition) is 5. The minimum absolute atomic E-state index is 0.0219. The Bertz CT molecular complexity index is 1350. The van der Waals surface area contributed by atoms with Gasteiger partial charge in [0, 0.05) is 30.1 Å². The number of fused-ring (bicyclic) bond motifs is 3. The molecule has 2 N–H and O–H groups in total. The second-order valence-electron chi connectivity index (χ2n) is 9.07. The van der Waals surface area contributed by atoms with Crippen molar-refractivity contribution in [3.63, 3.8) is 0 Å². The van der Waals surface area contributed by atoms with Crippen molar-refractivity contribution in [3.05, 3.63) is 44.1 Å². The maximum Gasteiger partial charge on any atom is 0.352 e. The second kappa shape index (κ2) is 10.0. The number of nitrogens with zero attached hydrogens (tertiary/aromatic N) is 4. The number of carbonyl (C=O) groups excluding carboxylic acids is 2. The van der Waals surface area contributed by atoms with Gasteiger partial charge in [-0.2, -0.15) is 0 Å². The van der Waals surface area contributed by atoms with Gasteiger partial charge in [0.1, 0.15) is 6.54 Å². The molecule has 0 atom stereocenters. The van der Waals surface area contributed by atoms with Gasteiger partial charge in [-0.15, -0.1) is 5.10 Å². The molecular weight excluding hydrogens is 460 g/mol. The molecule has 1 aliphatic rings. The van der Waals surface area contributed by atoms with E-state index in [1.165, 1.54) is 21.5 Å². The van der Waals surface area contributed by atoms with Crippen LogP contribution < -0.4 is 21.9 Å². The van der Waals surface area contributed by atoms with E-state index < -0.39 is 11.2 Å². The highest BCUT2D eigenvalue weighted by molar-refractivity contribution is 6.31. The Balaban J connectivity index is 1.73. The third-order valence-corrected chi connectivity index (χ3v) is 6.25. The molecule has 4 rings (SSSR count). The smallest absolute Gasteiger partial charge is 0.352 e. The van der Waals surface area contributed by atoms with E-state index in [4.69, 9.17) is 11.6 Å². The first-order chi connectivity index (χ1) is 16.2. The number of nitrogens with one attached hydrogen (secondary N) is 2. The monoisotopic (exact) mass is 488 g/mol. The molecule has 1 fully saturated rings. The molecule has 10 nitrogen and oxygen atoms in total. The minimum atomic E-state index is -0.540. The van der Waals surface area contributed by atoms with Crippen LogP contribution in [-0.4, -0.2) is 42.6 Å². The molecule has 182 valence electrons. The van der Waals surface area contributed by atoms with Crippen LogP contribution >= 0.6 is 11.6 Å². The molecule has 1 saturated carbocycles. The molecular formula is C23H29ClN6O4. The SMILES string of the molecule is CC(C)NC(=O)CCn1c(=O)c2cc(Cl)ccc2n2c(=O)n(CC(=O)NC3CCCCC3)nc12. The van der Waals surface area contributed by atoms with Crippen LogP contribution in [0.5, 0.6) is 0 Å². The standard InChI is InChI=1S/C23H29ClN6O4/c1-14(2)25-19(31)10-11-28-21(33)17-12-15(24)8-9-18(17)30-22(28)27-29(23(30)34)13-20(32)26-16-6-4-3-5-7-16/h8-9,12,14,16H,3-7,10-11,13H2,1-2H3,(H,25,31)(H,26,32). The molecule has 11 heteroatoms. The molecule has 0 unspecified atom stereocenters. The number of benzene rings is 1. The quantitative estimate of drug-likeness (QED) is 0.525. The van der Waals surface area contributed by atoms with Crippen molar-refractivity contribution in [1.82, 2.24) is 29.4 Å². The highest BCUT2D eigenvalue weighted by Gasteiger charge is 2.21. The third kappa shape index (κ3) is 5.01. The molecule has 0 radical (unpaired) electrons. The van der Waals surface area contributed by atoms with E-state index in [0.29, 0.717) is 10.5 Å². The maximum atomic E-state index is 13.3. The fraction of sp³-hybridized carbons (Fsp3) is 0.522. The van der Waals surface area contributed by atoms with Crippen LogP contribution in [0.4, 0.5) is 0 Å². The van der Waals surface area contributed by atoms with E-state index in [0.717, 1.165) is 30.4 Å². The summed E-state index contributed by atoms with van der Waals surface area (Å²) < 4.78 is 3.64. The highest BCUT2D eigenvalue weighted by Crippen LogP contribution is 2.18. The van der Waals surface area contributed by atoms with Crippen molar-refractivity contribution in [2.24, 2.45) is 0 Å². The van der Waals surface area contributed by atoms with Crippen molar-refractivity contribution in [1.29, 1.82) is 0 Å². The highest BCUT2D eigenvalue weighted by atomic mass is 35.5. The lowest BCUT2D eigenvalue weighted by molar-refractivity contribution is -0.123. The summed E-state index contributed by atoms with van der Waals surface area (Å²) >= 11 is 6.11. The molecule has 2 aromatic heterocycles. The molecule has 3 aromatic rings. The van der Waals surface area contributed by atoms with Crippen molar-refractivity contribution in [3.8, 4) is 0 Å². The summed E-state index contributed by atoms with van der Waals surface area (Å²) in [7, 11) is 0. The summed E-state index contributed by atoms with van der Waals surface area (Å²) in [5.41, 5.74) is -0.608. The fourth-order valence-electron chi connectivity index (χ4n) is 4.46. The number of hydrogen-bond donors (Lipinski definition) is 2. The summed E-state index contributed by atoms with van der Waals surface area (Å²) in [6.07, 6.45) is 5.20. The number of aryl methyl sites for hydroxylation is 1. The van der Waals surface area contributed by atoms with Crippen LogP contribution in [0.15, 0.2) is 27.8 Å². The van der Waals surface area contributed by atoms with E-state index in [2.05, 4.69) is 15.7 Å². The van der Waals surface area contributed by atoms with E-state index in [9.17, 15) is 19.2 Å². The topological polar surface area (TPSA) is 120 Å². The van der Waals surface area contributed by atoms with Gasteiger partial charge in [0.25, 0.3) is 5.56 Å². The van der Waals surface area contributed by atoms with E-state index >= 15 is 0 Å². The zero-order chi connectivity index (χ0) is 24.4. The van der Waals surface area contributed by atoms with Gasteiger partial charge in [0.05, 0.1) is 10.9 Å². The van der Waals surface area contributed by atoms with Crippen LogP contribution in [0.1, 0.15) is 52.4 Å². The lowest BCUT2D eigenvalue weighted by atomic mass is 9.95. The summed E-state index contributed by atoms with van der Waals surface area (Å²) in [5.74, 6) is -0.442. The minimum Gasteiger partial charge on any atom is -0.354 e. The van der Waals surface area contributed by atoms with Crippen LogP contribution in [0, 0.1) is 0 Å². The van der Waals surface area contributed by atoms with Crippen molar-refractivity contribution < 1.29 is 9.59 Å². The number of amides is 2. The van der Waals surface area contributed by atoms with E-state index in [1.54, 1.807) is 12.1 Å². The first-order valence-corrected chi connectivity index (χ1v) is 12.0. The second-order valence-corrected chi connectivity index (χ2v) is 9.50. The predicted octanol–water partition coefficient (Wildman–Crippen LogP) is 1.83. The molecule has 0 aliphatic heterocycles. The molecule has 0 saturated heterocycles. The van der Waals surface area contributed by atoms with Gasteiger partial charge in [-0.1, -0.05) is 30.9 Å². The average Bonchev–Trinajstić information content (AvgIpc) is 3.09. The Kier molecular flexibility index (Phi) is 7.06. The van der Waals surface area contributed by atoms with Crippen LogP contribution in [0.2, 0.25) is 5.02 Å². The van der Waals surface area contributed by atoms with Crippen molar-refractivity contribution in [2.45, 2.75) is 77.5 Å².